The molecule has 0 saturated carbocycles. The second-order valence-electron chi connectivity index (χ2n) is 15.1. The van der Waals surface area contributed by atoms with Crippen molar-refractivity contribution in [2.75, 3.05) is 45.6 Å². The van der Waals surface area contributed by atoms with E-state index >= 15 is 0 Å². The summed E-state index contributed by atoms with van der Waals surface area (Å²) in [6.07, 6.45) is 2.49. The van der Waals surface area contributed by atoms with Gasteiger partial charge in [-0.2, -0.15) is 17.2 Å². The zero-order chi connectivity index (χ0) is 46.2. The SMILES string of the molecule is CN(C(=O)C(Cc1cc(F)cc(F)c1)NC(=O)CN1c2ccccc2N(CC(=O)N[C@@H](Cc2cc(F)cc(F)c2)C(=O)N(C)c2ccc3sncc3c2)S1(=O)=O)c1ccc2sncc2c1. The number of para-hydroxylation sites is 2. The number of halogens is 4. The molecule has 5 aromatic carbocycles. The summed E-state index contributed by atoms with van der Waals surface area (Å²) in [7, 11) is -1.83. The fraction of sp³-hybridized carbons (Fsp3) is 0.182. The smallest absolute Gasteiger partial charge is 0.327 e. The highest BCUT2D eigenvalue weighted by Crippen LogP contribution is 2.40. The molecule has 4 amide bonds. The molecule has 0 radical (unpaired) electrons. The maximum atomic E-state index is 14.3. The van der Waals surface area contributed by atoms with Gasteiger partial charge in [0, 0.05) is 73.6 Å². The lowest BCUT2D eigenvalue weighted by Crippen LogP contribution is -2.53. The predicted molar refractivity (Wildman–Crippen MR) is 240 cm³/mol. The second kappa shape index (κ2) is 18.3. The van der Waals surface area contributed by atoms with E-state index in [0.29, 0.717) is 23.5 Å². The third kappa shape index (κ3) is 9.61. The number of hydrogen-bond acceptors (Lipinski definition) is 10. The van der Waals surface area contributed by atoms with Gasteiger partial charge < -0.3 is 20.4 Å². The van der Waals surface area contributed by atoms with Crippen molar-refractivity contribution in [3.8, 4) is 0 Å². The van der Waals surface area contributed by atoms with Crippen molar-refractivity contribution in [1.29, 1.82) is 0 Å². The maximum absolute atomic E-state index is 14.3. The molecule has 334 valence electrons. The van der Waals surface area contributed by atoms with Gasteiger partial charge in [0.25, 0.3) is 0 Å². The van der Waals surface area contributed by atoms with Crippen LogP contribution in [0.2, 0.25) is 0 Å². The molecule has 21 heteroatoms. The van der Waals surface area contributed by atoms with E-state index in [4.69, 9.17) is 0 Å². The van der Waals surface area contributed by atoms with Crippen LogP contribution in [-0.2, 0) is 42.2 Å². The number of likely N-dealkylation sites (N-methyl/N-ethyl adjacent to an activating group) is 2. The molecule has 14 nitrogen and oxygen atoms in total. The van der Waals surface area contributed by atoms with E-state index in [2.05, 4.69) is 19.4 Å². The number of anilines is 4. The molecule has 0 saturated heterocycles. The van der Waals surface area contributed by atoms with Crippen molar-refractivity contribution in [1.82, 2.24) is 19.4 Å². The number of hydrogen-bond donors (Lipinski definition) is 2. The molecule has 8 rings (SSSR count). The van der Waals surface area contributed by atoms with Crippen molar-refractivity contribution in [3.05, 3.63) is 144 Å². The number of rotatable bonds is 14. The summed E-state index contributed by atoms with van der Waals surface area (Å²) in [6, 6.07) is 18.5. The average molecular weight is 945 g/mol. The van der Waals surface area contributed by atoms with Crippen LogP contribution >= 0.6 is 23.1 Å². The molecule has 0 aliphatic carbocycles. The van der Waals surface area contributed by atoms with Gasteiger partial charge in [0.1, 0.15) is 48.4 Å². The highest BCUT2D eigenvalue weighted by molar-refractivity contribution is 7.94. The molecule has 65 heavy (non-hydrogen) atoms. The van der Waals surface area contributed by atoms with Crippen LogP contribution in [0.25, 0.3) is 20.2 Å². The lowest BCUT2D eigenvalue weighted by atomic mass is 10.0. The van der Waals surface area contributed by atoms with Crippen LogP contribution in [0, 0.1) is 23.3 Å². The zero-order valence-electron chi connectivity index (χ0n) is 34.2. The second-order valence-corrected chi connectivity index (χ2v) is 18.5. The highest BCUT2D eigenvalue weighted by atomic mass is 32.2. The van der Waals surface area contributed by atoms with Crippen LogP contribution < -0.4 is 29.0 Å². The zero-order valence-corrected chi connectivity index (χ0v) is 36.7. The van der Waals surface area contributed by atoms with Crippen LogP contribution in [0.5, 0.6) is 0 Å². The Labute approximate surface area is 377 Å². The molecular formula is C44H36F4N8O6S3. The van der Waals surface area contributed by atoms with Gasteiger partial charge in [0.05, 0.1) is 20.8 Å². The Morgan fingerprint density at radius 1 is 0.600 bits per heavy atom. The van der Waals surface area contributed by atoms with Crippen LogP contribution in [0.15, 0.2) is 109 Å². The largest absolute Gasteiger partial charge is 0.342 e. The van der Waals surface area contributed by atoms with Gasteiger partial charge in [-0.3, -0.25) is 19.2 Å². The van der Waals surface area contributed by atoms with Gasteiger partial charge >= 0.3 is 10.2 Å². The fourth-order valence-electron chi connectivity index (χ4n) is 7.52. The quantitative estimate of drug-likeness (QED) is 0.123. The van der Waals surface area contributed by atoms with Crippen molar-refractivity contribution >= 4 is 99.8 Å². The van der Waals surface area contributed by atoms with E-state index in [1.165, 1.54) is 71.2 Å². The predicted octanol–water partition coefficient (Wildman–Crippen LogP) is 6.11. The molecular weight excluding hydrogens is 909 g/mol. The minimum atomic E-state index is -4.73. The van der Waals surface area contributed by atoms with Gasteiger partial charge in [-0.05, 0) is 107 Å². The molecule has 0 bridgehead atoms. The van der Waals surface area contributed by atoms with Crippen molar-refractivity contribution in [2.24, 2.45) is 0 Å². The summed E-state index contributed by atoms with van der Waals surface area (Å²) in [6.45, 7) is -1.79. The minimum absolute atomic E-state index is 0.00114. The monoisotopic (exact) mass is 944 g/mol. The Balaban J connectivity index is 1.02. The Kier molecular flexibility index (Phi) is 12.5. The molecule has 2 N–H and O–H groups in total. The summed E-state index contributed by atoms with van der Waals surface area (Å²) in [5, 5.41) is 6.60. The van der Waals surface area contributed by atoms with Crippen LogP contribution in [0.4, 0.5) is 40.3 Å². The Hall–Kier alpha value is -6.97. The van der Waals surface area contributed by atoms with Gasteiger partial charge in [-0.1, -0.05) is 12.1 Å². The first kappa shape index (κ1) is 44.6. The van der Waals surface area contributed by atoms with E-state index in [1.54, 1.807) is 48.8 Å². The van der Waals surface area contributed by atoms with Crippen LogP contribution in [0.3, 0.4) is 0 Å². The van der Waals surface area contributed by atoms with E-state index < -0.39 is 82.3 Å². The van der Waals surface area contributed by atoms with E-state index in [1.807, 2.05) is 0 Å². The average Bonchev–Trinajstić information content (AvgIpc) is 3.98. The fourth-order valence-corrected chi connectivity index (χ4v) is 10.4. The topological polar surface area (TPSA) is 165 Å². The number of nitrogens with zero attached hydrogens (tertiary/aromatic N) is 6. The molecule has 1 unspecified atom stereocenters. The Bertz CT molecular complexity index is 2880. The van der Waals surface area contributed by atoms with E-state index in [9.17, 15) is 45.2 Å². The molecule has 2 atom stereocenters. The third-order valence-electron chi connectivity index (χ3n) is 10.6. The van der Waals surface area contributed by atoms with Crippen LogP contribution in [-0.4, -0.2) is 80.1 Å². The maximum Gasteiger partial charge on any atom is 0.327 e. The van der Waals surface area contributed by atoms with Gasteiger partial charge in [-0.15, -0.1) is 0 Å². The molecule has 0 spiro atoms. The first-order chi connectivity index (χ1) is 31.0. The molecule has 1 aliphatic rings. The van der Waals surface area contributed by atoms with Gasteiger partial charge in [0.2, 0.25) is 23.6 Å². The molecule has 0 fully saturated rings. The lowest BCUT2D eigenvalue weighted by molar-refractivity contribution is -0.126. The summed E-state index contributed by atoms with van der Waals surface area (Å²) < 4.78 is 97.3. The number of carbonyl (C=O) groups excluding carboxylic acids is 4. The highest BCUT2D eigenvalue weighted by Gasteiger charge is 2.43. The number of amides is 4. The van der Waals surface area contributed by atoms with Crippen molar-refractivity contribution in [2.45, 2.75) is 24.9 Å². The lowest BCUT2D eigenvalue weighted by Gasteiger charge is -2.27. The number of nitrogens with one attached hydrogen (secondary N) is 2. The first-order valence-electron chi connectivity index (χ1n) is 19.7. The molecule has 2 aromatic heterocycles. The van der Waals surface area contributed by atoms with Crippen molar-refractivity contribution < 1.29 is 45.2 Å². The van der Waals surface area contributed by atoms with Gasteiger partial charge in [-0.25, -0.2) is 26.2 Å². The third-order valence-corrected chi connectivity index (χ3v) is 14.0. The first-order valence-corrected chi connectivity index (χ1v) is 22.6. The standard InChI is InChI=1S/C44H36F4N8O6S3/c1-53(33-7-9-39-27(17-33)21-49-63-39)43(59)35(15-25-11-29(45)19-30(46)12-25)51-41(57)23-55-37-5-3-4-6-38(37)56(65(55,61)62)24-42(58)52-36(16-26-13-31(47)20-32(48)14-26)44(60)54(2)34-8-10-40-28(18-34)22-50-64-40/h3-14,17-22,35-36H,15-16,23-24H2,1-2H3,(H,51,57)(H,52,58)/t35-,36?/m0/s1. The van der Waals surface area contributed by atoms with E-state index in [0.717, 1.165) is 53.0 Å². The number of aromatic nitrogens is 2. The van der Waals surface area contributed by atoms with Crippen molar-refractivity contribution in [3.63, 3.8) is 0 Å². The summed E-state index contributed by atoms with van der Waals surface area (Å²) in [5.41, 5.74) is 0.925. The molecule has 7 aromatic rings. The molecule has 3 heterocycles. The number of benzene rings is 5. The summed E-state index contributed by atoms with van der Waals surface area (Å²) in [4.78, 5) is 58.5. The van der Waals surface area contributed by atoms with Crippen LogP contribution in [0.1, 0.15) is 11.1 Å². The van der Waals surface area contributed by atoms with Gasteiger partial charge in [0.15, 0.2) is 0 Å². The Morgan fingerprint density at radius 3 is 1.37 bits per heavy atom. The summed E-state index contributed by atoms with van der Waals surface area (Å²) in [5.74, 6) is -6.96. The summed E-state index contributed by atoms with van der Waals surface area (Å²) >= 11 is 2.51. The minimum Gasteiger partial charge on any atom is -0.342 e. The van der Waals surface area contributed by atoms with E-state index in [-0.39, 0.29) is 35.3 Å². The number of carbonyl (C=O) groups is 4. The normalized spacial score (nSPS) is 13.9. The Morgan fingerprint density at radius 2 is 0.985 bits per heavy atom. The molecule has 1 aliphatic heterocycles. The number of fused-ring (bicyclic) bond motifs is 3.